The molecule has 0 radical (unpaired) electrons. The zero-order valence-corrected chi connectivity index (χ0v) is 17.4. The fraction of sp³-hybridized carbons (Fsp3) is 0.364. The zero-order chi connectivity index (χ0) is 20.6. The Morgan fingerprint density at radius 3 is 2.45 bits per heavy atom. The molecule has 1 heterocycles. The van der Waals surface area contributed by atoms with Gasteiger partial charge in [-0.05, 0) is 49.7 Å². The number of para-hydroxylation sites is 1. The van der Waals surface area contributed by atoms with Gasteiger partial charge < -0.3 is 19.1 Å². The van der Waals surface area contributed by atoms with Gasteiger partial charge in [0.25, 0.3) is 5.91 Å². The van der Waals surface area contributed by atoms with Crippen molar-refractivity contribution in [1.29, 1.82) is 0 Å². The van der Waals surface area contributed by atoms with Crippen LogP contribution in [-0.2, 0) is 14.3 Å². The molecule has 1 aliphatic rings. The number of carbonyl (C=O) groups is 2. The Kier molecular flexibility index (Phi) is 7.41. The van der Waals surface area contributed by atoms with Crippen LogP contribution in [0.1, 0.15) is 20.3 Å². The summed E-state index contributed by atoms with van der Waals surface area (Å²) in [6.45, 7) is 4.67. The van der Waals surface area contributed by atoms with Gasteiger partial charge in [0, 0.05) is 16.7 Å². The molecule has 0 saturated carbocycles. The van der Waals surface area contributed by atoms with Gasteiger partial charge in [-0.2, -0.15) is 0 Å². The van der Waals surface area contributed by atoms with E-state index in [1.54, 1.807) is 40.9 Å². The molecule has 29 heavy (non-hydrogen) atoms. The van der Waals surface area contributed by atoms with E-state index in [-0.39, 0.29) is 19.1 Å². The summed E-state index contributed by atoms with van der Waals surface area (Å²) in [6.07, 6.45) is 0.875. The maximum absolute atomic E-state index is 12.7. The largest absolute Gasteiger partial charge is 0.494 e. The summed E-state index contributed by atoms with van der Waals surface area (Å²) in [7, 11) is 0. The highest BCUT2D eigenvalue weighted by Gasteiger charge is 2.24. The molecule has 3 rings (SSSR count). The Hall–Kier alpha value is -2.67. The number of benzene rings is 2. The Bertz CT molecular complexity index is 839. The first-order valence-corrected chi connectivity index (χ1v) is 10.5. The Balaban J connectivity index is 1.50. The van der Waals surface area contributed by atoms with Crippen LogP contribution in [0.3, 0.4) is 0 Å². The molecule has 2 aromatic carbocycles. The normalized spacial score (nSPS) is 15.8. The van der Waals surface area contributed by atoms with Crippen molar-refractivity contribution in [1.82, 2.24) is 0 Å². The second kappa shape index (κ2) is 10.2. The number of hydrogen-bond acceptors (Lipinski definition) is 6. The average Bonchev–Trinajstić information content (AvgIpc) is 2.90. The van der Waals surface area contributed by atoms with Crippen LogP contribution in [0.2, 0.25) is 0 Å². The monoisotopic (exact) mass is 415 g/mol. The van der Waals surface area contributed by atoms with Crippen molar-refractivity contribution < 1.29 is 23.8 Å². The summed E-state index contributed by atoms with van der Waals surface area (Å²) in [4.78, 5) is 27.4. The number of carbonyl (C=O) groups excluding carboxylic acids is 2. The molecule has 0 spiro atoms. The maximum atomic E-state index is 12.7. The molecular formula is C22H25NO5S. The smallest absolute Gasteiger partial charge is 0.344 e. The van der Waals surface area contributed by atoms with Crippen LogP contribution in [0, 0.1) is 0 Å². The topological polar surface area (TPSA) is 65.1 Å². The van der Waals surface area contributed by atoms with E-state index in [0.29, 0.717) is 24.2 Å². The SMILES string of the molecule is CCOc1ccc(OCC(=O)OCC(=O)N2CC[C@@H](C)Sc3ccccc32)cc1. The minimum Gasteiger partial charge on any atom is -0.494 e. The first-order valence-electron chi connectivity index (χ1n) is 9.64. The lowest BCUT2D eigenvalue weighted by Gasteiger charge is -2.22. The van der Waals surface area contributed by atoms with Gasteiger partial charge in [0.15, 0.2) is 13.2 Å². The van der Waals surface area contributed by atoms with Gasteiger partial charge >= 0.3 is 5.97 Å². The van der Waals surface area contributed by atoms with Gasteiger partial charge in [0.1, 0.15) is 11.5 Å². The van der Waals surface area contributed by atoms with Gasteiger partial charge in [-0.3, -0.25) is 4.79 Å². The van der Waals surface area contributed by atoms with Crippen molar-refractivity contribution in [2.75, 3.05) is 31.3 Å². The lowest BCUT2D eigenvalue weighted by Crippen LogP contribution is -2.36. The number of fused-ring (bicyclic) bond motifs is 1. The average molecular weight is 416 g/mol. The highest BCUT2D eigenvalue weighted by atomic mass is 32.2. The van der Waals surface area contributed by atoms with Crippen molar-refractivity contribution >= 4 is 29.3 Å². The Morgan fingerprint density at radius 1 is 1.03 bits per heavy atom. The molecular weight excluding hydrogens is 390 g/mol. The minimum absolute atomic E-state index is 0.235. The molecule has 0 aliphatic carbocycles. The fourth-order valence-electron chi connectivity index (χ4n) is 2.95. The molecule has 0 N–H and O–H groups in total. The molecule has 0 aromatic heterocycles. The summed E-state index contributed by atoms with van der Waals surface area (Å²) >= 11 is 1.76. The lowest BCUT2D eigenvalue weighted by atomic mass is 10.2. The summed E-state index contributed by atoms with van der Waals surface area (Å²) < 4.78 is 15.9. The quantitative estimate of drug-likeness (QED) is 0.639. The van der Waals surface area contributed by atoms with Crippen LogP contribution >= 0.6 is 11.8 Å². The fourth-order valence-corrected chi connectivity index (χ4v) is 4.06. The first kappa shape index (κ1) is 21.0. The number of rotatable bonds is 7. The number of hydrogen-bond donors (Lipinski definition) is 0. The van der Waals surface area contributed by atoms with Crippen LogP contribution < -0.4 is 14.4 Å². The highest BCUT2D eigenvalue weighted by molar-refractivity contribution is 8.00. The van der Waals surface area contributed by atoms with Crippen LogP contribution in [0.4, 0.5) is 5.69 Å². The summed E-state index contributed by atoms with van der Waals surface area (Å²) in [6, 6.07) is 14.8. The zero-order valence-electron chi connectivity index (χ0n) is 16.6. The van der Waals surface area contributed by atoms with Gasteiger partial charge in [0.05, 0.1) is 12.3 Å². The standard InChI is InChI=1S/C22H25NO5S/c1-3-26-17-8-10-18(11-9-17)27-15-22(25)28-14-21(24)23-13-12-16(2)29-20-7-5-4-6-19(20)23/h4-11,16H,3,12-15H2,1-2H3/t16-/m1/s1. The third-order valence-corrected chi connectivity index (χ3v) is 5.63. The predicted octanol–water partition coefficient (Wildman–Crippen LogP) is 3.92. The van der Waals surface area contributed by atoms with Crippen molar-refractivity contribution in [3.05, 3.63) is 48.5 Å². The second-order valence-electron chi connectivity index (χ2n) is 6.58. The summed E-state index contributed by atoms with van der Waals surface area (Å²) in [5.74, 6) is 0.446. The third kappa shape index (κ3) is 5.90. The Morgan fingerprint density at radius 2 is 1.72 bits per heavy atom. The van der Waals surface area contributed by atoms with Crippen molar-refractivity contribution in [3.8, 4) is 11.5 Å². The van der Waals surface area contributed by atoms with Gasteiger partial charge in [0.2, 0.25) is 0 Å². The maximum Gasteiger partial charge on any atom is 0.344 e. The van der Waals surface area contributed by atoms with E-state index in [4.69, 9.17) is 14.2 Å². The van der Waals surface area contributed by atoms with E-state index in [1.165, 1.54) is 0 Å². The van der Waals surface area contributed by atoms with Crippen LogP contribution in [-0.4, -0.2) is 43.5 Å². The molecule has 7 heteroatoms. The van der Waals surface area contributed by atoms with Crippen LogP contribution in [0.5, 0.6) is 11.5 Å². The van der Waals surface area contributed by atoms with Gasteiger partial charge in [-0.25, -0.2) is 4.79 Å². The number of ether oxygens (including phenoxy) is 3. The number of nitrogens with zero attached hydrogens (tertiary/aromatic N) is 1. The summed E-state index contributed by atoms with van der Waals surface area (Å²) in [5.41, 5.74) is 0.869. The molecule has 2 aromatic rings. The van der Waals surface area contributed by atoms with E-state index < -0.39 is 5.97 Å². The predicted molar refractivity (Wildman–Crippen MR) is 113 cm³/mol. The van der Waals surface area contributed by atoms with E-state index >= 15 is 0 Å². The van der Waals surface area contributed by atoms with Crippen molar-refractivity contribution in [2.24, 2.45) is 0 Å². The minimum atomic E-state index is -0.585. The van der Waals surface area contributed by atoms with Crippen molar-refractivity contribution in [3.63, 3.8) is 0 Å². The summed E-state index contributed by atoms with van der Waals surface area (Å²) in [5, 5.41) is 0.416. The lowest BCUT2D eigenvalue weighted by molar-refractivity contribution is -0.149. The van der Waals surface area contributed by atoms with E-state index in [9.17, 15) is 9.59 Å². The molecule has 0 bridgehead atoms. The van der Waals surface area contributed by atoms with Gasteiger partial charge in [-0.15, -0.1) is 11.8 Å². The van der Waals surface area contributed by atoms with Gasteiger partial charge in [-0.1, -0.05) is 19.1 Å². The molecule has 0 unspecified atom stereocenters. The molecule has 154 valence electrons. The van der Waals surface area contributed by atoms with E-state index in [2.05, 4.69) is 6.92 Å². The van der Waals surface area contributed by atoms with Crippen molar-refractivity contribution in [2.45, 2.75) is 30.4 Å². The Labute approximate surface area is 175 Å². The van der Waals surface area contributed by atoms with Crippen LogP contribution in [0.15, 0.2) is 53.4 Å². The molecule has 1 amide bonds. The second-order valence-corrected chi connectivity index (χ2v) is 8.06. The number of esters is 1. The number of amides is 1. The molecule has 0 saturated heterocycles. The van der Waals surface area contributed by atoms with E-state index in [1.807, 2.05) is 31.2 Å². The molecule has 1 aliphatic heterocycles. The number of thioether (sulfide) groups is 1. The molecule has 1 atom stereocenters. The third-order valence-electron chi connectivity index (χ3n) is 4.39. The van der Waals surface area contributed by atoms with E-state index in [0.717, 1.165) is 22.8 Å². The van der Waals surface area contributed by atoms with Crippen LogP contribution in [0.25, 0.3) is 0 Å². The number of anilines is 1. The highest BCUT2D eigenvalue weighted by Crippen LogP contribution is 2.37. The molecule has 6 nitrogen and oxygen atoms in total. The first-order chi connectivity index (χ1) is 14.1. The molecule has 0 fully saturated rings.